The third-order valence-corrected chi connectivity index (χ3v) is 6.13. The lowest BCUT2D eigenvalue weighted by molar-refractivity contribution is -0.116. The van der Waals surface area contributed by atoms with E-state index in [1.165, 1.54) is 0 Å². The molecule has 2 atom stereocenters. The Morgan fingerprint density at radius 2 is 1.62 bits per heavy atom. The summed E-state index contributed by atoms with van der Waals surface area (Å²) >= 11 is 3.47. The molecule has 26 heavy (non-hydrogen) atoms. The number of halogens is 1. The average Bonchev–Trinajstić information content (AvgIpc) is 2.94. The Hall–Kier alpha value is -2.33. The molecule has 0 amide bonds. The van der Waals surface area contributed by atoms with E-state index in [4.69, 9.17) is 4.99 Å². The number of hydrogen-bond donors (Lipinski definition) is 0. The molecular formula is C22H16BrNO2. The molecule has 1 aliphatic heterocycles. The maximum atomic E-state index is 13.2. The standard InChI is InChI=1S/C22H16BrNO2/c23-13-10-8-12(9-11-13)18-19-16(6-3-7-17(19)25)24-21-14-4-1-2-5-15(14)22(26)20(18)21/h1-2,4-5,8-11,18,20H,3,6-7H2/t18-,20?/m1/s1. The predicted molar refractivity (Wildman–Crippen MR) is 104 cm³/mol. The Morgan fingerprint density at radius 1 is 0.885 bits per heavy atom. The molecule has 0 saturated carbocycles. The Morgan fingerprint density at radius 3 is 2.38 bits per heavy atom. The summed E-state index contributed by atoms with van der Waals surface area (Å²) < 4.78 is 0.983. The first kappa shape index (κ1) is 15.9. The Balaban J connectivity index is 1.76. The van der Waals surface area contributed by atoms with Crippen LogP contribution in [0.15, 0.2) is 69.3 Å². The van der Waals surface area contributed by atoms with E-state index >= 15 is 0 Å². The maximum Gasteiger partial charge on any atom is 0.173 e. The van der Waals surface area contributed by atoms with Crippen molar-refractivity contribution in [3.8, 4) is 0 Å². The molecule has 3 aliphatic rings. The molecule has 0 fully saturated rings. The summed E-state index contributed by atoms with van der Waals surface area (Å²) in [6, 6.07) is 15.7. The molecule has 0 radical (unpaired) electrons. The first-order valence-electron chi connectivity index (χ1n) is 8.89. The van der Waals surface area contributed by atoms with Gasteiger partial charge in [-0.1, -0.05) is 52.3 Å². The summed E-state index contributed by atoms with van der Waals surface area (Å²) in [6.45, 7) is 0. The van der Waals surface area contributed by atoms with E-state index in [2.05, 4.69) is 15.9 Å². The third kappa shape index (κ3) is 2.21. The van der Waals surface area contributed by atoms with Crippen LogP contribution in [0.25, 0.3) is 0 Å². The van der Waals surface area contributed by atoms with Gasteiger partial charge in [-0.25, -0.2) is 0 Å². The highest BCUT2D eigenvalue weighted by atomic mass is 79.9. The minimum absolute atomic E-state index is 0.0807. The molecule has 0 spiro atoms. The number of ketones is 2. The molecule has 0 aromatic heterocycles. The molecule has 0 bridgehead atoms. The van der Waals surface area contributed by atoms with Gasteiger partial charge in [0.1, 0.15) is 0 Å². The van der Waals surface area contributed by atoms with Gasteiger partial charge in [-0.15, -0.1) is 0 Å². The van der Waals surface area contributed by atoms with E-state index < -0.39 is 5.92 Å². The second kappa shape index (κ2) is 5.85. The number of nitrogens with zero attached hydrogens (tertiary/aromatic N) is 1. The molecule has 0 saturated heterocycles. The zero-order valence-electron chi connectivity index (χ0n) is 14.0. The number of allylic oxidation sites excluding steroid dienone is 2. The summed E-state index contributed by atoms with van der Waals surface area (Å²) in [6.07, 6.45) is 2.19. The van der Waals surface area contributed by atoms with Crippen LogP contribution in [0, 0.1) is 5.92 Å². The van der Waals surface area contributed by atoms with Crippen LogP contribution in [0.5, 0.6) is 0 Å². The predicted octanol–water partition coefficient (Wildman–Crippen LogP) is 4.86. The van der Waals surface area contributed by atoms with E-state index in [1.807, 2.05) is 48.5 Å². The van der Waals surface area contributed by atoms with Gasteiger partial charge in [0.05, 0.1) is 11.6 Å². The maximum absolute atomic E-state index is 13.2. The molecule has 4 heteroatoms. The van der Waals surface area contributed by atoms with Crippen LogP contribution in [-0.2, 0) is 4.79 Å². The van der Waals surface area contributed by atoms with Crippen LogP contribution in [0.1, 0.15) is 46.7 Å². The molecule has 1 heterocycles. The monoisotopic (exact) mass is 405 g/mol. The van der Waals surface area contributed by atoms with Crippen LogP contribution >= 0.6 is 15.9 Å². The first-order valence-corrected chi connectivity index (χ1v) is 9.68. The summed E-state index contributed by atoms with van der Waals surface area (Å²) in [7, 11) is 0. The first-order chi connectivity index (χ1) is 12.6. The van der Waals surface area contributed by atoms with Crippen molar-refractivity contribution < 1.29 is 9.59 Å². The highest BCUT2D eigenvalue weighted by Crippen LogP contribution is 2.48. The van der Waals surface area contributed by atoms with Gasteiger partial charge in [0.15, 0.2) is 11.6 Å². The Bertz CT molecular complexity index is 1020. The van der Waals surface area contributed by atoms with Crippen LogP contribution in [-0.4, -0.2) is 17.3 Å². The molecule has 128 valence electrons. The summed E-state index contributed by atoms with van der Waals surface area (Å²) in [5, 5.41) is 0. The lowest BCUT2D eigenvalue weighted by atomic mass is 9.71. The SMILES string of the molecule is O=C1CCCC2=C1[C@@H](c1ccc(Br)cc1)C1C(=O)c3ccccc3C1=N2. The van der Waals surface area contributed by atoms with Gasteiger partial charge in [-0.2, -0.15) is 0 Å². The quantitative estimate of drug-likeness (QED) is 0.680. The lowest BCUT2D eigenvalue weighted by Gasteiger charge is -2.33. The van der Waals surface area contributed by atoms with E-state index in [-0.39, 0.29) is 17.5 Å². The minimum Gasteiger partial charge on any atom is -0.294 e. The second-order valence-corrected chi connectivity index (χ2v) is 7.97. The van der Waals surface area contributed by atoms with Crippen molar-refractivity contribution in [1.82, 2.24) is 0 Å². The second-order valence-electron chi connectivity index (χ2n) is 7.05. The zero-order chi connectivity index (χ0) is 17.8. The number of fused-ring (bicyclic) bond motifs is 3. The Labute approximate surface area is 160 Å². The normalized spacial score (nSPS) is 24.1. The highest BCUT2D eigenvalue weighted by molar-refractivity contribution is 9.10. The van der Waals surface area contributed by atoms with Crippen molar-refractivity contribution in [3.05, 3.63) is 81.0 Å². The van der Waals surface area contributed by atoms with Crippen LogP contribution in [0.4, 0.5) is 0 Å². The molecule has 2 aliphatic carbocycles. The fraction of sp³-hybridized carbons (Fsp3) is 0.227. The van der Waals surface area contributed by atoms with Gasteiger partial charge in [0.25, 0.3) is 0 Å². The van der Waals surface area contributed by atoms with Crippen molar-refractivity contribution in [2.75, 3.05) is 0 Å². The van der Waals surface area contributed by atoms with E-state index in [0.717, 1.165) is 51.0 Å². The number of rotatable bonds is 1. The summed E-state index contributed by atoms with van der Waals surface area (Å²) in [5.74, 6) is -0.407. The number of carbonyl (C=O) groups excluding carboxylic acids is 2. The molecule has 1 unspecified atom stereocenters. The van der Waals surface area contributed by atoms with Crippen molar-refractivity contribution in [2.24, 2.45) is 10.9 Å². The fourth-order valence-electron chi connectivity index (χ4n) is 4.48. The molecular weight excluding hydrogens is 390 g/mol. The summed E-state index contributed by atoms with van der Waals surface area (Å²) in [4.78, 5) is 30.9. The topological polar surface area (TPSA) is 46.5 Å². The number of carbonyl (C=O) groups is 2. The highest BCUT2D eigenvalue weighted by Gasteiger charge is 2.48. The number of benzene rings is 2. The third-order valence-electron chi connectivity index (χ3n) is 5.60. The average molecular weight is 406 g/mol. The molecule has 2 aromatic carbocycles. The van der Waals surface area contributed by atoms with Gasteiger partial charge in [0.2, 0.25) is 0 Å². The number of aliphatic imine (C=N–C) groups is 1. The molecule has 2 aromatic rings. The van der Waals surface area contributed by atoms with Crippen LogP contribution < -0.4 is 0 Å². The van der Waals surface area contributed by atoms with Crippen LogP contribution in [0.2, 0.25) is 0 Å². The summed E-state index contributed by atoms with van der Waals surface area (Å²) in [5.41, 5.74) is 5.14. The van der Waals surface area contributed by atoms with E-state index in [1.54, 1.807) is 0 Å². The molecule has 5 rings (SSSR count). The minimum atomic E-state index is -0.394. The lowest BCUT2D eigenvalue weighted by Crippen LogP contribution is -2.33. The molecule has 0 N–H and O–H groups in total. The molecule has 3 nitrogen and oxygen atoms in total. The van der Waals surface area contributed by atoms with Gasteiger partial charge in [0, 0.05) is 39.2 Å². The van der Waals surface area contributed by atoms with Gasteiger partial charge in [-0.05, 0) is 30.5 Å². The van der Waals surface area contributed by atoms with Gasteiger partial charge < -0.3 is 0 Å². The fourth-order valence-corrected chi connectivity index (χ4v) is 4.74. The van der Waals surface area contributed by atoms with Gasteiger partial charge in [-0.3, -0.25) is 14.6 Å². The van der Waals surface area contributed by atoms with Crippen molar-refractivity contribution in [3.63, 3.8) is 0 Å². The van der Waals surface area contributed by atoms with Crippen molar-refractivity contribution >= 4 is 33.2 Å². The van der Waals surface area contributed by atoms with Crippen molar-refractivity contribution in [2.45, 2.75) is 25.2 Å². The van der Waals surface area contributed by atoms with Crippen LogP contribution in [0.3, 0.4) is 0 Å². The largest absolute Gasteiger partial charge is 0.294 e. The van der Waals surface area contributed by atoms with E-state index in [9.17, 15) is 9.59 Å². The zero-order valence-corrected chi connectivity index (χ0v) is 15.6. The number of hydrogen-bond acceptors (Lipinski definition) is 3. The Kier molecular flexibility index (Phi) is 3.57. The van der Waals surface area contributed by atoms with Crippen molar-refractivity contribution in [1.29, 1.82) is 0 Å². The number of Topliss-reactive ketones (excluding diaryl/α,β-unsaturated/α-hetero) is 2. The smallest absolute Gasteiger partial charge is 0.173 e. The van der Waals surface area contributed by atoms with E-state index in [0.29, 0.717) is 6.42 Å². The van der Waals surface area contributed by atoms with Gasteiger partial charge >= 0.3 is 0 Å².